The lowest BCUT2D eigenvalue weighted by atomic mass is 9.84. The van der Waals surface area contributed by atoms with Crippen LogP contribution < -0.4 is 21.3 Å². The lowest BCUT2D eigenvalue weighted by molar-refractivity contribution is -0.150. The number of esters is 1. The number of amides is 5. The summed E-state index contributed by atoms with van der Waals surface area (Å²) in [6, 6.07) is 13.2. The summed E-state index contributed by atoms with van der Waals surface area (Å²) in [7, 11) is 2.61. The Morgan fingerprint density at radius 1 is 0.739 bits per heavy atom. The van der Waals surface area contributed by atoms with Crippen LogP contribution in [0, 0.1) is 29.6 Å². The van der Waals surface area contributed by atoms with Crippen LogP contribution in [0.2, 0.25) is 0 Å². The standard InChI is InChI=1S/C51H61N5O13/c1-33-38(26-43(64-8)41(32-57)40(33)16-12-24-66-46(60)52-29-36-13-10-14-37(25-36)30-54-48(62)69-51(5,6)7)15-11-23-67-49(63)55-39-27-42(45(59)65-9)56(31-39)44(58)22-21-34-17-19-35(20-18-34)28-53-47(61)68-50(2,3)4/h10,13-14,17-20,25-26,39-40,42H,21-24,27-31H2,1-9H3,(H,52,60)(H,53,61)(H,54,62)(H,55,63). The predicted molar refractivity (Wildman–Crippen MR) is 252 cm³/mol. The first-order chi connectivity index (χ1) is 32.7. The SMILES string of the molecule is COC(=O)C1CC(NC(=O)OCC#CC2=C(C)C(C#CCOC(=O)NCc3cccc(CNC(=O)OC(C)(C)C)c3)C(=C=O)C(OC)=C2)CN1C(=O)CCc1ccc(CNC(=O)OC(C)(C)C)cc1. The van der Waals surface area contributed by atoms with Crippen molar-refractivity contribution in [3.8, 4) is 23.7 Å². The first kappa shape index (κ1) is 53.9. The van der Waals surface area contributed by atoms with Gasteiger partial charge in [0.2, 0.25) is 5.91 Å². The topological polar surface area (TPSA) is 226 Å². The molecule has 1 heterocycles. The molecule has 2 aliphatic rings. The van der Waals surface area contributed by atoms with Crippen LogP contribution >= 0.6 is 0 Å². The number of ether oxygens (including phenoxy) is 6. The Balaban J connectivity index is 1.26. The van der Waals surface area contributed by atoms with Gasteiger partial charge in [0.05, 0.1) is 31.8 Å². The Kier molecular flexibility index (Phi) is 19.9. The van der Waals surface area contributed by atoms with E-state index in [0.29, 0.717) is 17.6 Å². The molecule has 2 aromatic carbocycles. The predicted octanol–water partition coefficient (Wildman–Crippen LogP) is 5.71. The van der Waals surface area contributed by atoms with Gasteiger partial charge in [-0.1, -0.05) is 72.2 Å². The number of rotatable bonds is 14. The molecule has 368 valence electrons. The maximum Gasteiger partial charge on any atom is 0.408 e. The van der Waals surface area contributed by atoms with Crippen LogP contribution in [-0.4, -0.2) is 104 Å². The van der Waals surface area contributed by atoms with E-state index in [1.807, 2.05) is 48.4 Å². The zero-order chi connectivity index (χ0) is 50.7. The second kappa shape index (κ2) is 25.4. The van der Waals surface area contributed by atoms with Gasteiger partial charge in [-0.05, 0) is 88.8 Å². The third kappa shape index (κ3) is 18.1. The summed E-state index contributed by atoms with van der Waals surface area (Å²) in [5, 5.41) is 10.8. The van der Waals surface area contributed by atoms with E-state index in [1.165, 1.54) is 19.1 Å². The molecule has 4 N–H and O–H groups in total. The van der Waals surface area contributed by atoms with Crippen molar-refractivity contribution in [2.24, 2.45) is 5.92 Å². The molecule has 18 nitrogen and oxygen atoms in total. The maximum absolute atomic E-state index is 13.4. The minimum Gasteiger partial charge on any atom is -0.496 e. The number of aryl methyl sites for hydroxylation is 1. The highest BCUT2D eigenvalue weighted by Gasteiger charge is 2.41. The zero-order valence-corrected chi connectivity index (χ0v) is 40.5. The molecule has 5 amide bonds. The molecule has 0 aromatic heterocycles. The van der Waals surface area contributed by atoms with Crippen molar-refractivity contribution in [2.45, 2.75) is 111 Å². The van der Waals surface area contributed by atoms with Gasteiger partial charge in [0.1, 0.15) is 28.9 Å². The summed E-state index contributed by atoms with van der Waals surface area (Å²) < 4.78 is 31.4. The molecule has 3 atom stereocenters. The number of hydrogen-bond donors (Lipinski definition) is 4. The average Bonchev–Trinajstić information content (AvgIpc) is 3.72. The van der Waals surface area contributed by atoms with E-state index in [2.05, 4.69) is 44.9 Å². The lowest BCUT2D eigenvalue weighted by Gasteiger charge is -2.22. The molecule has 0 bridgehead atoms. The van der Waals surface area contributed by atoms with Crippen LogP contribution in [0.1, 0.15) is 83.6 Å². The minimum atomic E-state index is -0.904. The smallest absolute Gasteiger partial charge is 0.408 e. The van der Waals surface area contributed by atoms with E-state index in [1.54, 1.807) is 60.6 Å². The van der Waals surface area contributed by atoms with Gasteiger partial charge in [-0.15, -0.1) is 0 Å². The Bertz CT molecular complexity index is 2450. The van der Waals surface area contributed by atoms with Gasteiger partial charge < -0.3 is 54.6 Å². The number of likely N-dealkylation sites (tertiary alicyclic amines) is 1. The second-order valence-corrected chi connectivity index (χ2v) is 17.9. The highest BCUT2D eigenvalue weighted by molar-refractivity contribution is 5.86. The molecule has 1 fully saturated rings. The summed E-state index contributed by atoms with van der Waals surface area (Å²) in [6.07, 6.45) is -0.434. The average molecular weight is 952 g/mol. The number of carbonyl (C=O) groups excluding carboxylic acids is 7. The molecule has 0 radical (unpaired) electrons. The lowest BCUT2D eigenvalue weighted by Crippen LogP contribution is -2.42. The van der Waals surface area contributed by atoms with Crippen molar-refractivity contribution in [1.29, 1.82) is 0 Å². The zero-order valence-electron chi connectivity index (χ0n) is 40.5. The van der Waals surface area contributed by atoms with E-state index < -0.39 is 59.5 Å². The van der Waals surface area contributed by atoms with Crippen LogP contribution in [0.5, 0.6) is 0 Å². The Morgan fingerprint density at radius 2 is 1.30 bits per heavy atom. The first-order valence-electron chi connectivity index (χ1n) is 22.2. The molecule has 1 aliphatic carbocycles. The third-order valence-corrected chi connectivity index (χ3v) is 10.2. The summed E-state index contributed by atoms with van der Waals surface area (Å²) >= 11 is 0. The monoisotopic (exact) mass is 951 g/mol. The van der Waals surface area contributed by atoms with Gasteiger partial charge in [-0.3, -0.25) is 4.79 Å². The molecule has 69 heavy (non-hydrogen) atoms. The van der Waals surface area contributed by atoms with Crippen LogP contribution in [0.25, 0.3) is 0 Å². The van der Waals surface area contributed by atoms with E-state index >= 15 is 0 Å². The molecule has 1 aliphatic heterocycles. The number of nitrogens with zero attached hydrogens (tertiary/aromatic N) is 1. The number of allylic oxidation sites excluding steroid dienone is 4. The van der Waals surface area contributed by atoms with Crippen LogP contribution in [0.4, 0.5) is 19.2 Å². The molecule has 4 rings (SSSR count). The summed E-state index contributed by atoms with van der Waals surface area (Å²) in [5.41, 5.74) is 3.24. The highest BCUT2D eigenvalue weighted by Crippen LogP contribution is 2.32. The highest BCUT2D eigenvalue weighted by atomic mass is 16.6. The van der Waals surface area contributed by atoms with E-state index in [0.717, 1.165) is 22.3 Å². The third-order valence-electron chi connectivity index (χ3n) is 10.2. The molecular formula is C51H61N5O13. The maximum atomic E-state index is 13.4. The molecule has 18 heteroatoms. The van der Waals surface area contributed by atoms with Crippen LogP contribution in [0.15, 0.2) is 77.1 Å². The van der Waals surface area contributed by atoms with E-state index in [9.17, 15) is 33.6 Å². The second-order valence-electron chi connectivity index (χ2n) is 17.9. The van der Waals surface area contributed by atoms with Crippen molar-refractivity contribution >= 4 is 42.2 Å². The molecule has 3 unspecified atom stereocenters. The number of hydrogen-bond acceptors (Lipinski definition) is 13. The summed E-state index contributed by atoms with van der Waals surface area (Å²) in [4.78, 5) is 88.8. The van der Waals surface area contributed by atoms with Crippen molar-refractivity contribution in [2.75, 3.05) is 34.0 Å². The van der Waals surface area contributed by atoms with Gasteiger partial charge >= 0.3 is 30.3 Å². The van der Waals surface area contributed by atoms with Crippen molar-refractivity contribution < 1.29 is 62.0 Å². The normalized spacial score (nSPS) is 16.4. The van der Waals surface area contributed by atoms with Crippen molar-refractivity contribution in [3.05, 3.63) is 99.3 Å². The quantitative estimate of drug-likeness (QED) is 0.0772. The number of alkyl carbamates (subject to hydrolysis) is 4. The fraction of sp³-hybridized carbons (Fsp3) is 0.451. The number of nitrogens with one attached hydrogen (secondary N) is 4. The van der Waals surface area contributed by atoms with Crippen molar-refractivity contribution in [1.82, 2.24) is 26.2 Å². The van der Waals surface area contributed by atoms with Gasteiger partial charge in [0.15, 0.2) is 13.2 Å². The number of benzene rings is 2. The first-order valence-corrected chi connectivity index (χ1v) is 22.2. The molecule has 1 saturated heterocycles. The summed E-state index contributed by atoms with van der Waals surface area (Å²) in [5.74, 6) is 11.8. The number of methoxy groups -OCH3 is 2. The largest absolute Gasteiger partial charge is 0.496 e. The van der Waals surface area contributed by atoms with E-state index in [4.69, 9.17) is 28.4 Å². The molecule has 0 spiro atoms. The van der Waals surface area contributed by atoms with Gasteiger partial charge in [-0.2, -0.15) is 0 Å². The van der Waals surface area contributed by atoms with Gasteiger partial charge in [0, 0.05) is 44.6 Å². The molecule has 0 saturated carbocycles. The Labute approximate surface area is 402 Å². The molecule has 2 aromatic rings. The van der Waals surface area contributed by atoms with Crippen LogP contribution in [0.3, 0.4) is 0 Å². The number of carbonyl (C=O) groups is 6. The Morgan fingerprint density at radius 3 is 1.88 bits per heavy atom. The van der Waals surface area contributed by atoms with Crippen LogP contribution in [-0.2, 0) is 68.9 Å². The Hall–Kier alpha value is -7.69. The van der Waals surface area contributed by atoms with Crippen molar-refractivity contribution in [3.63, 3.8) is 0 Å². The fourth-order valence-electron chi connectivity index (χ4n) is 6.96. The fourth-order valence-corrected chi connectivity index (χ4v) is 6.96. The summed E-state index contributed by atoms with van der Waals surface area (Å²) in [6.45, 7) is 12.5. The van der Waals surface area contributed by atoms with Gasteiger partial charge in [0.25, 0.3) is 0 Å². The van der Waals surface area contributed by atoms with Gasteiger partial charge in [-0.25, -0.2) is 28.8 Å². The molecular weight excluding hydrogens is 891 g/mol. The minimum absolute atomic E-state index is 0.0580. The van der Waals surface area contributed by atoms with E-state index in [-0.39, 0.29) is 69.5 Å².